The Kier molecular flexibility index (Phi) is 5.77. The number of likely N-dealkylation sites (tertiary alicyclic amines) is 1. The summed E-state index contributed by atoms with van der Waals surface area (Å²) in [4.78, 5) is 20.1. The zero-order chi connectivity index (χ0) is 24.0. The summed E-state index contributed by atoms with van der Waals surface area (Å²) >= 11 is 0. The quantitative estimate of drug-likeness (QED) is 0.694. The van der Waals surface area contributed by atoms with Gasteiger partial charge in [0.25, 0.3) is 0 Å². The monoisotopic (exact) mass is 474 g/mol. The number of nitrogens with zero attached hydrogens (tertiary/aromatic N) is 2. The first kappa shape index (κ1) is 22.6. The maximum absolute atomic E-state index is 12.5. The highest BCUT2D eigenvalue weighted by Gasteiger charge is 2.43. The van der Waals surface area contributed by atoms with Crippen LogP contribution >= 0.6 is 0 Å². The SMILES string of the molecule is COc1ccc2c(c1)N=C(c1ccc(O[C@@]3(C)CCNC3)cc1)CC2N1CC2CCNC(=O)C2C1. The highest BCUT2D eigenvalue weighted by atomic mass is 16.5. The molecule has 3 saturated heterocycles. The fraction of sp³-hybridized carbons (Fsp3) is 0.500. The highest BCUT2D eigenvalue weighted by Crippen LogP contribution is 2.43. The molecule has 0 spiro atoms. The second-order valence-corrected chi connectivity index (χ2v) is 10.6. The molecule has 0 aliphatic carbocycles. The molecule has 3 unspecified atom stereocenters. The van der Waals surface area contributed by atoms with Gasteiger partial charge in [-0.3, -0.25) is 14.7 Å². The minimum Gasteiger partial charge on any atom is -0.497 e. The predicted octanol–water partition coefficient (Wildman–Crippen LogP) is 3.46. The number of piperidine rings is 1. The van der Waals surface area contributed by atoms with Crippen LogP contribution < -0.4 is 20.1 Å². The Balaban J connectivity index is 1.28. The molecule has 184 valence electrons. The van der Waals surface area contributed by atoms with E-state index in [1.807, 2.05) is 12.1 Å². The number of nitrogens with one attached hydrogen (secondary N) is 2. The van der Waals surface area contributed by atoms with E-state index in [9.17, 15) is 4.79 Å². The molecule has 4 atom stereocenters. The van der Waals surface area contributed by atoms with Gasteiger partial charge in [0.1, 0.15) is 17.1 Å². The molecule has 0 aromatic heterocycles. The van der Waals surface area contributed by atoms with Gasteiger partial charge >= 0.3 is 0 Å². The second kappa shape index (κ2) is 8.95. The standard InChI is InChI=1S/C28H34N4O3/c1-28(10-12-29-17-28)35-20-5-3-18(4-6-20)24-14-26(22-8-7-21(34-2)13-25(22)31-24)32-15-19-9-11-30-27(33)23(19)16-32/h3-8,13,19,23,26,29H,9-12,14-17H2,1-2H3,(H,30,33)/t19?,23?,26?,28-/m0/s1. The number of amides is 1. The Labute approximate surface area is 206 Å². The van der Waals surface area contributed by atoms with E-state index in [1.54, 1.807) is 7.11 Å². The third-order valence-corrected chi connectivity index (χ3v) is 8.18. The van der Waals surface area contributed by atoms with Crippen molar-refractivity contribution in [2.45, 2.75) is 37.8 Å². The van der Waals surface area contributed by atoms with Crippen molar-refractivity contribution in [3.8, 4) is 11.5 Å². The number of methoxy groups -OCH3 is 1. The van der Waals surface area contributed by atoms with Crippen LogP contribution in [-0.4, -0.2) is 62.0 Å². The summed E-state index contributed by atoms with van der Waals surface area (Å²) in [6, 6.07) is 14.8. The first-order chi connectivity index (χ1) is 17.0. The van der Waals surface area contributed by atoms with Crippen molar-refractivity contribution in [2.75, 3.05) is 39.8 Å². The average molecular weight is 475 g/mol. The van der Waals surface area contributed by atoms with E-state index in [4.69, 9.17) is 14.5 Å². The average Bonchev–Trinajstić information content (AvgIpc) is 3.50. The summed E-state index contributed by atoms with van der Waals surface area (Å²) in [6.45, 7) is 6.59. The molecule has 7 heteroatoms. The third kappa shape index (κ3) is 4.32. The molecule has 0 radical (unpaired) electrons. The van der Waals surface area contributed by atoms with E-state index in [1.165, 1.54) is 5.56 Å². The molecule has 4 aliphatic rings. The molecule has 6 rings (SSSR count). The van der Waals surface area contributed by atoms with Crippen LogP contribution in [0.25, 0.3) is 0 Å². The van der Waals surface area contributed by atoms with Crippen molar-refractivity contribution in [1.82, 2.24) is 15.5 Å². The predicted molar refractivity (Wildman–Crippen MR) is 136 cm³/mol. The topological polar surface area (TPSA) is 75.2 Å². The molecule has 2 aromatic rings. The number of carbonyl (C=O) groups excluding carboxylic acids is 1. The van der Waals surface area contributed by atoms with E-state index in [0.29, 0.717) is 5.92 Å². The summed E-state index contributed by atoms with van der Waals surface area (Å²) in [7, 11) is 1.69. The van der Waals surface area contributed by atoms with Crippen LogP contribution in [0.1, 0.15) is 43.4 Å². The maximum Gasteiger partial charge on any atom is 0.224 e. The van der Waals surface area contributed by atoms with Crippen LogP contribution in [-0.2, 0) is 4.79 Å². The minimum absolute atomic E-state index is 0.0932. The number of benzene rings is 2. The van der Waals surface area contributed by atoms with Crippen LogP contribution in [0.2, 0.25) is 0 Å². The first-order valence-electron chi connectivity index (χ1n) is 12.8. The Morgan fingerprint density at radius 3 is 2.66 bits per heavy atom. The second-order valence-electron chi connectivity index (χ2n) is 10.6. The van der Waals surface area contributed by atoms with Crippen LogP contribution in [0.15, 0.2) is 47.5 Å². The smallest absolute Gasteiger partial charge is 0.224 e. The number of ether oxygens (including phenoxy) is 2. The summed E-state index contributed by atoms with van der Waals surface area (Å²) in [5.74, 6) is 2.45. The lowest BCUT2D eigenvalue weighted by Crippen LogP contribution is -2.41. The molecular weight excluding hydrogens is 440 g/mol. The number of rotatable bonds is 5. The Morgan fingerprint density at radius 1 is 1.09 bits per heavy atom. The molecule has 2 aromatic carbocycles. The molecule has 4 aliphatic heterocycles. The lowest BCUT2D eigenvalue weighted by molar-refractivity contribution is -0.127. The Morgan fingerprint density at radius 2 is 1.91 bits per heavy atom. The van der Waals surface area contributed by atoms with Crippen LogP contribution in [0, 0.1) is 11.8 Å². The van der Waals surface area contributed by atoms with Crippen LogP contribution in [0.4, 0.5) is 5.69 Å². The summed E-state index contributed by atoms with van der Waals surface area (Å²) in [5, 5.41) is 6.44. The molecule has 35 heavy (non-hydrogen) atoms. The Bertz CT molecular complexity index is 1140. The minimum atomic E-state index is -0.150. The van der Waals surface area contributed by atoms with Crippen LogP contribution in [0.3, 0.4) is 0 Å². The largest absolute Gasteiger partial charge is 0.497 e. The summed E-state index contributed by atoms with van der Waals surface area (Å²) in [5.41, 5.74) is 4.20. The van der Waals surface area contributed by atoms with Gasteiger partial charge in [0.15, 0.2) is 0 Å². The van der Waals surface area contributed by atoms with Gasteiger partial charge in [-0.05, 0) is 67.3 Å². The summed E-state index contributed by atoms with van der Waals surface area (Å²) in [6.07, 6.45) is 2.89. The zero-order valence-corrected chi connectivity index (χ0v) is 20.5. The van der Waals surface area contributed by atoms with E-state index in [-0.39, 0.29) is 23.5 Å². The lowest BCUT2D eigenvalue weighted by Gasteiger charge is -2.33. The van der Waals surface area contributed by atoms with Crippen molar-refractivity contribution in [3.05, 3.63) is 53.6 Å². The normalized spacial score (nSPS) is 30.3. The highest BCUT2D eigenvalue weighted by molar-refractivity contribution is 6.04. The number of aliphatic imine (C=N–C) groups is 1. The van der Waals surface area contributed by atoms with Gasteiger partial charge < -0.3 is 20.1 Å². The lowest BCUT2D eigenvalue weighted by atomic mass is 9.89. The van der Waals surface area contributed by atoms with E-state index >= 15 is 0 Å². The molecule has 2 N–H and O–H groups in total. The van der Waals surface area contributed by atoms with Gasteiger partial charge in [0.2, 0.25) is 5.91 Å². The molecule has 3 fully saturated rings. The molecule has 0 saturated carbocycles. The van der Waals surface area contributed by atoms with E-state index in [0.717, 1.165) is 80.4 Å². The van der Waals surface area contributed by atoms with Crippen molar-refractivity contribution in [3.63, 3.8) is 0 Å². The van der Waals surface area contributed by atoms with Crippen molar-refractivity contribution < 1.29 is 14.3 Å². The number of carbonyl (C=O) groups is 1. The molecule has 7 nitrogen and oxygen atoms in total. The zero-order valence-electron chi connectivity index (χ0n) is 20.5. The van der Waals surface area contributed by atoms with Gasteiger partial charge in [0, 0.05) is 51.1 Å². The van der Waals surface area contributed by atoms with Gasteiger partial charge in [-0.2, -0.15) is 0 Å². The van der Waals surface area contributed by atoms with Crippen molar-refractivity contribution >= 4 is 17.3 Å². The van der Waals surface area contributed by atoms with Gasteiger partial charge in [-0.1, -0.05) is 6.07 Å². The van der Waals surface area contributed by atoms with Crippen LogP contribution in [0.5, 0.6) is 11.5 Å². The van der Waals surface area contributed by atoms with Crippen molar-refractivity contribution in [1.29, 1.82) is 0 Å². The number of hydrogen-bond donors (Lipinski definition) is 2. The third-order valence-electron chi connectivity index (χ3n) is 8.18. The molecule has 4 heterocycles. The van der Waals surface area contributed by atoms with E-state index < -0.39 is 0 Å². The van der Waals surface area contributed by atoms with E-state index in [2.05, 4.69) is 52.8 Å². The fourth-order valence-electron chi connectivity index (χ4n) is 6.16. The van der Waals surface area contributed by atoms with Gasteiger partial charge in [-0.15, -0.1) is 0 Å². The van der Waals surface area contributed by atoms with Crippen molar-refractivity contribution in [2.24, 2.45) is 16.8 Å². The molecular formula is C28H34N4O3. The first-order valence-corrected chi connectivity index (χ1v) is 12.8. The maximum atomic E-state index is 12.5. The molecule has 1 amide bonds. The van der Waals surface area contributed by atoms with Gasteiger partial charge in [0.05, 0.1) is 24.4 Å². The number of hydrogen-bond acceptors (Lipinski definition) is 6. The number of fused-ring (bicyclic) bond motifs is 2. The summed E-state index contributed by atoms with van der Waals surface area (Å²) < 4.78 is 11.8. The fourth-order valence-corrected chi connectivity index (χ4v) is 6.16. The Hall–Kier alpha value is -2.90. The van der Waals surface area contributed by atoms with Gasteiger partial charge in [-0.25, -0.2) is 0 Å². The molecule has 0 bridgehead atoms.